The van der Waals surface area contributed by atoms with Crippen molar-refractivity contribution in [2.45, 2.75) is 112 Å². The Morgan fingerprint density at radius 1 is 0.479 bits per heavy atom. The second-order valence-corrected chi connectivity index (χ2v) is 22.9. The maximum Gasteiger partial charge on any atom is 0.140 e. The minimum Gasteiger partial charge on any atom is -0.484 e. The average molecular weight is 1140 g/mol. The predicted molar refractivity (Wildman–Crippen MR) is 298 cm³/mol. The second kappa shape index (κ2) is 24.1. The lowest BCUT2D eigenvalue weighted by atomic mass is 10.0. The van der Waals surface area contributed by atoms with Crippen LogP contribution >= 0.6 is 43.5 Å². The van der Waals surface area contributed by atoms with Crippen molar-refractivity contribution in [3.8, 4) is 17.2 Å². The summed E-state index contributed by atoms with van der Waals surface area (Å²) in [6, 6.07) is 47.6. The summed E-state index contributed by atoms with van der Waals surface area (Å²) in [5, 5.41) is 0.699. The van der Waals surface area contributed by atoms with Gasteiger partial charge in [0, 0.05) is 47.3 Å². The van der Waals surface area contributed by atoms with Gasteiger partial charge in [-0.2, -0.15) is 0 Å². The van der Waals surface area contributed by atoms with Crippen molar-refractivity contribution < 1.29 is 18.6 Å². The molecule has 0 amide bonds. The van der Waals surface area contributed by atoms with Crippen LogP contribution in [0.3, 0.4) is 0 Å². The number of nitrogens with zero attached hydrogens (tertiary/aromatic N) is 3. The molecule has 3 aliphatic carbocycles. The zero-order valence-electron chi connectivity index (χ0n) is 41.4. The third-order valence-corrected chi connectivity index (χ3v) is 17.0. The fourth-order valence-electron chi connectivity index (χ4n) is 12.1. The molecule has 6 aliphatic rings. The fraction of sp³-hybridized carbons (Fsp3) is 0.400. The van der Waals surface area contributed by atoms with Crippen molar-refractivity contribution in [3.05, 3.63) is 193 Å². The number of hydrogen-bond donors (Lipinski definition) is 3. The molecule has 3 heterocycles. The number of ether oxygens (including phenoxy) is 3. The lowest BCUT2D eigenvalue weighted by Gasteiger charge is -2.38. The highest BCUT2D eigenvalue weighted by atomic mass is 79.9. The van der Waals surface area contributed by atoms with Crippen molar-refractivity contribution in [1.82, 2.24) is 14.7 Å². The van der Waals surface area contributed by atoms with Crippen LogP contribution in [0.1, 0.15) is 90.2 Å². The number of nitrogens with two attached hydrogens (primary N) is 3. The van der Waals surface area contributed by atoms with Gasteiger partial charge in [0.1, 0.15) is 41.4 Å². The van der Waals surface area contributed by atoms with E-state index >= 15 is 0 Å². The summed E-state index contributed by atoms with van der Waals surface area (Å²) in [5.41, 5.74) is 26.6. The largest absolute Gasteiger partial charge is 0.484 e. The Morgan fingerprint density at radius 2 is 0.863 bits per heavy atom. The van der Waals surface area contributed by atoms with E-state index in [4.69, 9.17) is 43.0 Å². The molecule has 6 aromatic rings. The third-order valence-electron chi connectivity index (χ3n) is 15.6. The van der Waals surface area contributed by atoms with Crippen LogP contribution in [0.2, 0.25) is 5.02 Å². The maximum atomic E-state index is 13.2. The van der Waals surface area contributed by atoms with Crippen LogP contribution in [-0.4, -0.2) is 90.2 Å². The van der Waals surface area contributed by atoms with Gasteiger partial charge in [0.25, 0.3) is 0 Å². The molecule has 12 rings (SSSR count). The SMILES string of the molecule is N[C@@H]1CCCN([C@@H]2Cc3ccccc3[C@H]2Oc2ccc(Br)cc2)C1.N[C@@H]1CCCN([C@@H]2Cc3ccccc3[C@H]2Oc2ccc(Cl)cc2Br)C1.N[C@@H]1CCCN([C@@H]2Cc3ccccc3[C@H]2Oc2ccc(F)cc2)C1. The lowest BCUT2D eigenvalue weighted by molar-refractivity contribution is 0.0589. The number of hydrogen-bond acceptors (Lipinski definition) is 9. The highest BCUT2D eigenvalue weighted by molar-refractivity contribution is 9.10. The van der Waals surface area contributed by atoms with E-state index in [1.807, 2.05) is 42.5 Å². The summed E-state index contributed by atoms with van der Waals surface area (Å²) in [6.45, 7) is 6.11. The van der Waals surface area contributed by atoms with Gasteiger partial charge in [-0.15, -0.1) is 0 Å². The molecule has 6 N–H and O–H groups in total. The monoisotopic (exact) mass is 1130 g/mol. The van der Waals surface area contributed by atoms with Crippen molar-refractivity contribution in [2.24, 2.45) is 17.2 Å². The first-order valence-corrected chi connectivity index (χ1v) is 28.2. The van der Waals surface area contributed by atoms with E-state index in [-0.39, 0.29) is 42.3 Å². The lowest BCUT2D eigenvalue weighted by Crippen LogP contribution is -2.49. The third kappa shape index (κ3) is 12.7. The molecule has 0 bridgehead atoms. The summed E-state index contributed by atoms with van der Waals surface area (Å²) in [6.07, 6.45) is 9.92. The van der Waals surface area contributed by atoms with E-state index in [2.05, 4.69) is 119 Å². The molecular weight excluding hydrogens is 1070 g/mol. The van der Waals surface area contributed by atoms with E-state index in [1.165, 1.54) is 51.9 Å². The molecule has 9 atom stereocenters. The summed E-state index contributed by atoms with van der Waals surface area (Å²) < 4.78 is 34.4. The van der Waals surface area contributed by atoms with Crippen LogP contribution in [0.5, 0.6) is 17.2 Å². The number of likely N-dealkylation sites (tertiary alicyclic amines) is 3. The first-order valence-electron chi connectivity index (χ1n) is 26.2. The highest BCUT2D eigenvalue weighted by Crippen LogP contribution is 2.43. The van der Waals surface area contributed by atoms with Crippen LogP contribution in [-0.2, 0) is 19.3 Å². The Kier molecular flexibility index (Phi) is 17.2. The van der Waals surface area contributed by atoms with Crippen LogP contribution < -0.4 is 31.4 Å². The molecule has 3 saturated heterocycles. The summed E-state index contributed by atoms with van der Waals surface area (Å²) in [4.78, 5) is 7.53. The van der Waals surface area contributed by atoms with Gasteiger partial charge in [0.2, 0.25) is 0 Å². The molecule has 13 heteroatoms. The van der Waals surface area contributed by atoms with Gasteiger partial charge < -0.3 is 31.4 Å². The maximum absolute atomic E-state index is 13.2. The highest BCUT2D eigenvalue weighted by Gasteiger charge is 2.42. The molecule has 0 unspecified atom stereocenters. The normalized spacial score (nSPS) is 26.8. The summed E-state index contributed by atoms with van der Waals surface area (Å²) >= 11 is 13.1. The number of rotatable bonds is 9. The Bertz CT molecular complexity index is 2650. The summed E-state index contributed by atoms with van der Waals surface area (Å²) in [5.74, 6) is 2.22. The molecule has 3 aliphatic heterocycles. The van der Waals surface area contributed by atoms with Crippen LogP contribution in [0.4, 0.5) is 4.39 Å². The van der Waals surface area contributed by atoms with Crippen molar-refractivity contribution in [2.75, 3.05) is 39.3 Å². The van der Waals surface area contributed by atoms with Crippen molar-refractivity contribution >= 4 is 43.5 Å². The minimum absolute atomic E-state index is 0.0129. The summed E-state index contributed by atoms with van der Waals surface area (Å²) in [7, 11) is 0. The van der Waals surface area contributed by atoms with Crippen molar-refractivity contribution in [1.29, 1.82) is 0 Å². The van der Waals surface area contributed by atoms with E-state index in [0.29, 0.717) is 28.9 Å². The second-order valence-electron chi connectivity index (χ2n) is 20.7. The fourth-order valence-corrected chi connectivity index (χ4v) is 13.1. The standard InChI is InChI=1S/C20H22BrClN2O.C20H23BrN2O.C20H23FN2O/c21-17-11-14(22)7-8-19(17)25-20-16-6-2-1-4-13(16)10-18(20)24-9-3-5-15(23)12-24;2*21-15-7-9-17(10-8-15)24-20-18-6-2-1-4-14(18)12-19(20)23-11-3-5-16(22)13-23/h1-2,4,6-8,11,15,18,20H,3,5,9-10,12,23H2;2*1-2,4,6-10,16,19-20H,3,5,11-13,22H2/t15-,18-,20-;2*16-,19-,20-/m111/s1. The zero-order valence-corrected chi connectivity index (χ0v) is 45.3. The van der Waals surface area contributed by atoms with Crippen LogP contribution in [0.15, 0.2) is 148 Å². The number of benzene rings is 6. The van der Waals surface area contributed by atoms with Gasteiger partial charge in [-0.25, -0.2) is 4.39 Å². The van der Waals surface area contributed by atoms with E-state index in [0.717, 1.165) is 111 Å². The van der Waals surface area contributed by atoms with Gasteiger partial charge in [-0.3, -0.25) is 14.7 Å². The van der Waals surface area contributed by atoms with Gasteiger partial charge in [-0.1, -0.05) is 100 Å². The first kappa shape index (κ1) is 52.1. The molecule has 6 aromatic carbocycles. The van der Waals surface area contributed by atoms with Gasteiger partial charge >= 0.3 is 0 Å². The molecular formula is C60H68Br2ClFN6O3. The molecule has 73 heavy (non-hydrogen) atoms. The number of halogens is 4. The molecule has 384 valence electrons. The van der Waals surface area contributed by atoms with Gasteiger partial charge in [-0.05, 0) is 193 Å². The number of fused-ring (bicyclic) bond motifs is 3. The molecule has 0 spiro atoms. The Hall–Kier alpha value is -4.34. The minimum atomic E-state index is -0.243. The van der Waals surface area contributed by atoms with Crippen LogP contribution in [0, 0.1) is 5.82 Å². The van der Waals surface area contributed by atoms with Crippen LogP contribution in [0.25, 0.3) is 0 Å². The smallest absolute Gasteiger partial charge is 0.140 e. The topological polar surface area (TPSA) is 115 Å². The van der Waals surface area contributed by atoms with Gasteiger partial charge in [0.05, 0.1) is 22.6 Å². The average Bonchev–Trinajstić information content (AvgIpc) is 4.08. The molecule has 3 fully saturated rings. The molecule has 9 nitrogen and oxygen atoms in total. The molecule has 0 radical (unpaired) electrons. The zero-order chi connectivity index (χ0) is 50.4. The van der Waals surface area contributed by atoms with E-state index < -0.39 is 0 Å². The molecule has 0 saturated carbocycles. The van der Waals surface area contributed by atoms with Crippen molar-refractivity contribution in [3.63, 3.8) is 0 Å². The van der Waals surface area contributed by atoms with E-state index in [1.54, 1.807) is 12.1 Å². The van der Waals surface area contributed by atoms with E-state index in [9.17, 15) is 4.39 Å². The predicted octanol–water partition coefficient (Wildman–Crippen LogP) is 11.8. The Balaban J connectivity index is 0.000000126. The molecule has 0 aromatic heterocycles. The van der Waals surface area contributed by atoms with Gasteiger partial charge in [0.15, 0.2) is 0 Å². The quantitative estimate of drug-likeness (QED) is 0.130. The first-order chi connectivity index (χ1) is 35.5. The number of piperidine rings is 3. The Morgan fingerprint density at radius 3 is 1.26 bits per heavy atom. The Labute approximate surface area is 452 Å².